The van der Waals surface area contributed by atoms with E-state index >= 15 is 0 Å². The Balaban J connectivity index is 1.69. The van der Waals surface area contributed by atoms with Crippen LogP contribution < -0.4 is 5.32 Å². The molecule has 1 heterocycles. The van der Waals surface area contributed by atoms with Crippen molar-refractivity contribution in [2.24, 2.45) is 0 Å². The van der Waals surface area contributed by atoms with Gasteiger partial charge < -0.3 is 9.88 Å². The van der Waals surface area contributed by atoms with E-state index in [0.29, 0.717) is 11.1 Å². The summed E-state index contributed by atoms with van der Waals surface area (Å²) in [5.74, 6) is 0.838. The highest BCUT2D eigenvalue weighted by Crippen LogP contribution is 2.26. The predicted octanol–water partition coefficient (Wildman–Crippen LogP) is 4.42. The van der Waals surface area contributed by atoms with Crippen molar-refractivity contribution in [3.8, 4) is 11.4 Å². The third-order valence-corrected chi connectivity index (χ3v) is 5.03. The average Bonchev–Trinajstić information content (AvgIpc) is 3.24. The highest BCUT2D eigenvalue weighted by molar-refractivity contribution is 6.30. The second kappa shape index (κ2) is 6.89. The number of hydrogen-bond acceptors (Lipinski definition) is 2. The summed E-state index contributed by atoms with van der Waals surface area (Å²) in [6.45, 7) is 0.273. The molecule has 0 unspecified atom stereocenters. The fourth-order valence-electron chi connectivity index (χ4n) is 3.54. The first-order chi connectivity index (χ1) is 12.2. The number of carbonyl (C=O) groups excluding carboxylic acids is 1. The summed E-state index contributed by atoms with van der Waals surface area (Å²) in [4.78, 5) is 17.3. The Kier molecular flexibility index (Phi) is 4.45. The summed E-state index contributed by atoms with van der Waals surface area (Å²) in [6, 6.07) is 15.8. The molecule has 3 aromatic rings. The summed E-state index contributed by atoms with van der Waals surface area (Å²) >= 11 is 6.01. The molecule has 0 saturated heterocycles. The Morgan fingerprint density at radius 2 is 1.84 bits per heavy atom. The average molecular weight is 354 g/mol. The largest absolute Gasteiger partial charge is 0.352 e. The lowest BCUT2D eigenvalue weighted by Gasteiger charge is -2.14. The van der Waals surface area contributed by atoms with Gasteiger partial charge in [-0.15, -0.1) is 0 Å². The number of imidazole rings is 1. The summed E-state index contributed by atoms with van der Waals surface area (Å²) in [6.07, 6.45) is 4.57. The SMILES string of the molecule is O=C(Cn1c(-c2ccc(Cl)cc2)nc2ccccc21)NC1CCCC1. The minimum atomic E-state index is 0.0465. The van der Waals surface area contributed by atoms with Crippen molar-refractivity contribution in [1.82, 2.24) is 14.9 Å². The Morgan fingerprint density at radius 1 is 1.12 bits per heavy atom. The molecule has 1 aliphatic carbocycles. The number of benzene rings is 2. The third kappa shape index (κ3) is 3.40. The zero-order valence-electron chi connectivity index (χ0n) is 13.9. The number of rotatable bonds is 4. The van der Waals surface area contributed by atoms with Gasteiger partial charge in [0.05, 0.1) is 11.0 Å². The molecule has 1 N–H and O–H groups in total. The topological polar surface area (TPSA) is 46.9 Å². The van der Waals surface area contributed by atoms with E-state index in [-0.39, 0.29) is 12.5 Å². The van der Waals surface area contributed by atoms with Crippen molar-refractivity contribution in [3.63, 3.8) is 0 Å². The highest BCUT2D eigenvalue weighted by atomic mass is 35.5. The van der Waals surface area contributed by atoms with Gasteiger partial charge in [-0.2, -0.15) is 0 Å². The first-order valence-corrected chi connectivity index (χ1v) is 9.09. The van der Waals surface area contributed by atoms with E-state index in [0.717, 1.165) is 35.3 Å². The van der Waals surface area contributed by atoms with Gasteiger partial charge in [-0.1, -0.05) is 36.6 Å². The van der Waals surface area contributed by atoms with Gasteiger partial charge in [0.15, 0.2) is 0 Å². The molecule has 4 rings (SSSR count). The second-order valence-electron chi connectivity index (χ2n) is 6.57. The minimum Gasteiger partial charge on any atom is -0.352 e. The molecule has 5 heteroatoms. The zero-order chi connectivity index (χ0) is 17.2. The number of para-hydroxylation sites is 2. The Hall–Kier alpha value is -2.33. The fraction of sp³-hybridized carbons (Fsp3) is 0.300. The maximum absolute atomic E-state index is 12.6. The van der Waals surface area contributed by atoms with Gasteiger partial charge in [-0.05, 0) is 49.2 Å². The van der Waals surface area contributed by atoms with Crippen LogP contribution in [0.1, 0.15) is 25.7 Å². The summed E-state index contributed by atoms with van der Waals surface area (Å²) in [7, 11) is 0. The van der Waals surface area contributed by atoms with Crippen LogP contribution in [-0.2, 0) is 11.3 Å². The first kappa shape index (κ1) is 16.2. The van der Waals surface area contributed by atoms with Crippen LogP contribution in [0.4, 0.5) is 0 Å². The van der Waals surface area contributed by atoms with Crippen LogP contribution in [-0.4, -0.2) is 21.5 Å². The Labute approximate surface area is 151 Å². The van der Waals surface area contributed by atoms with Gasteiger partial charge in [0.25, 0.3) is 0 Å². The van der Waals surface area contributed by atoms with E-state index in [1.54, 1.807) is 0 Å². The molecule has 0 bridgehead atoms. The molecule has 0 spiro atoms. The molecule has 0 radical (unpaired) electrons. The quantitative estimate of drug-likeness (QED) is 0.754. The molecule has 1 amide bonds. The number of amides is 1. The standard InChI is InChI=1S/C20H20ClN3O/c21-15-11-9-14(10-12-15)20-23-17-7-3-4-8-18(17)24(20)13-19(25)22-16-5-1-2-6-16/h3-4,7-12,16H,1-2,5-6,13H2,(H,22,25). The van der Waals surface area contributed by atoms with E-state index in [9.17, 15) is 4.79 Å². The van der Waals surface area contributed by atoms with Crippen LogP contribution in [0.3, 0.4) is 0 Å². The Bertz CT molecular complexity index is 895. The molecule has 4 nitrogen and oxygen atoms in total. The van der Waals surface area contributed by atoms with Gasteiger partial charge in [0, 0.05) is 16.6 Å². The number of fused-ring (bicyclic) bond motifs is 1. The molecule has 1 saturated carbocycles. The molecule has 1 aromatic heterocycles. The van der Waals surface area contributed by atoms with E-state index in [1.807, 2.05) is 53.1 Å². The lowest BCUT2D eigenvalue weighted by atomic mass is 10.2. The van der Waals surface area contributed by atoms with Crippen molar-refractivity contribution in [2.45, 2.75) is 38.3 Å². The van der Waals surface area contributed by atoms with Crippen LogP contribution in [0, 0.1) is 0 Å². The molecule has 25 heavy (non-hydrogen) atoms. The Morgan fingerprint density at radius 3 is 2.60 bits per heavy atom. The van der Waals surface area contributed by atoms with Crippen LogP contribution in [0.5, 0.6) is 0 Å². The maximum Gasteiger partial charge on any atom is 0.240 e. The van der Waals surface area contributed by atoms with E-state index in [2.05, 4.69) is 5.32 Å². The van der Waals surface area contributed by atoms with Crippen molar-refractivity contribution in [3.05, 3.63) is 53.6 Å². The molecule has 0 atom stereocenters. The van der Waals surface area contributed by atoms with Crippen molar-refractivity contribution >= 4 is 28.5 Å². The fourth-order valence-corrected chi connectivity index (χ4v) is 3.67. The smallest absolute Gasteiger partial charge is 0.240 e. The molecular formula is C20H20ClN3O. The normalized spacial score (nSPS) is 14.9. The number of carbonyl (C=O) groups is 1. The number of nitrogens with zero attached hydrogens (tertiary/aromatic N) is 2. The van der Waals surface area contributed by atoms with Crippen LogP contribution in [0.15, 0.2) is 48.5 Å². The predicted molar refractivity (Wildman–Crippen MR) is 101 cm³/mol. The number of hydrogen-bond donors (Lipinski definition) is 1. The molecule has 128 valence electrons. The van der Waals surface area contributed by atoms with Crippen molar-refractivity contribution < 1.29 is 4.79 Å². The highest BCUT2D eigenvalue weighted by Gasteiger charge is 2.19. The van der Waals surface area contributed by atoms with E-state index in [1.165, 1.54) is 12.8 Å². The summed E-state index contributed by atoms with van der Waals surface area (Å²) in [5, 5.41) is 3.85. The lowest BCUT2D eigenvalue weighted by Crippen LogP contribution is -2.35. The molecular weight excluding hydrogens is 334 g/mol. The molecule has 0 aliphatic heterocycles. The monoisotopic (exact) mass is 353 g/mol. The van der Waals surface area contributed by atoms with E-state index in [4.69, 9.17) is 16.6 Å². The minimum absolute atomic E-state index is 0.0465. The number of halogens is 1. The second-order valence-corrected chi connectivity index (χ2v) is 7.00. The first-order valence-electron chi connectivity index (χ1n) is 8.71. The van der Waals surface area contributed by atoms with Gasteiger partial charge in [0.2, 0.25) is 5.91 Å². The maximum atomic E-state index is 12.6. The van der Waals surface area contributed by atoms with Gasteiger partial charge >= 0.3 is 0 Å². The molecule has 1 aliphatic rings. The van der Waals surface area contributed by atoms with Crippen molar-refractivity contribution in [1.29, 1.82) is 0 Å². The lowest BCUT2D eigenvalue weighted by molar-refractivity contribution is -0.122. The van der Waals surface area contributed by atoms with Gasteiger partial charge in [-0.25, -0.2) is 4.98 Å². The van der Waals surface area contributed by atoms with E-state index < -0.39 is 0 Å². The number of nitrogens with one attached hydrogen (secondary N) is 1. The van der Waals surface area contributed by atoms with Crippen LogP contribution in [0.25, 0.3) is 22.4 Å². The molecule has 2 aromatic carbocycles. The third-order valence-electron chi connectivity index (χ3n) is 4.78. The van der Waals surface area contributed by atoms with Crippen LogP contribution in [0.2, 0.25) is 5.02 Å². The summed E-state index contributed by atoms with van der Waals surface area (Å²) in [5.41, 5.74) is 2.81. The summed E-state index contributed by atoms with van der Waals surface area (Å²) < 4.78 is 1.99. The zero-order valence-corrected chi connectivity index (χ0v) is 14.7. The van der Waals surface area contributed by atoms with Gasteiger partial charge in [-0.3, -0.25) is 4.79 Å². The van der Waals surface area contributed by atoms with Gasteiger partial charge in [0.1, 0.15) is 12.4 Å². The van der Waals surface area contributed by atoms with Crippen molar-refractivity contribution in [2.75, 3.05) is 0 Å². The molecule has 1 fully saturated rings. The number of aromatic nitrogens is 2. The van der Waals surface area contributed by atoms with Crippen LogP contribution >= 0.6 is 11.6 Å².